The number of alkyl halides is 3. The van der Waals surface area contributed by atoms with Crippen LogP contribution < -0.4 is 5.73 Å². The summed E-state index contributed by atoms with van der Waals surface area (Å²) < 4.78 is 65.3. The molecule has 1 fully saturated rings. The van der Waals surface area contributed by atoms with E-state index in [0.717, 1.165) is 30.5 Å². The summed E-state index contributed by atoms with van der Waals surface area (Å²) in [5.41, 5.74) is 6.03. The van der Waals surface area contributed by atoms with Gasteiger partial charge in [0, 0.05) is 25.3 Å². The van der Waals surface area contributed by atoms with E-state index in [4.69, 9.17) is 5.73 Å². The van der Waals surface area contributed by atoms with Crippen LogP contribution in [0.3, 0.4) is 0 Å². The monoisotopic (exact) mass is 414 g/mol. The van der Waals surface area contributed by atoms with Crippen LogP contribution in [0.5, 0.6) is 0 Å². The maximum absolute atomic E-state index is 13.8. The van der Waals surface area contributed by atoms with Gasteiger partial charge < -0.3 is 10.6 Å². The van der Waals surface area contributed by atoms with Gasteiger partial charge in [0.1, 0.15) is 17.3 Å². The highest BCUT2D eigenvalue weighted by Gasteiger charge is 2.36. The number of hydrogen-bond donors (Lipinski definition) is 1. The molecule has 1 aliphatic rings. The van der Waals surface area contributed by atoms with Crippen molar-refractivity contribution in [2.24, 2.45) is 11.7 Å². The van der Waals surface area contributed by atoms with E-state index >= 15 is 0 Å². The predicted octanol–water partition coefficient (Wildman–Crippen LogP) is 3.20. The quantitative estimate of drug-likeness (QED) is 0.780. The van der Waals surface area contributed by atoms with E-state index in [1.807, 2.05) is 0 Å². The van der Waals surface area contributed by atoms with E-state index in [9.17, 15) is 26.7 Å². The van der Waals surface area contributed by atoms with Gasteiger partial charge in [-0.05, 0) is 55.0 Å². The van der Waals surface area contributed by atoms with Gasteiger partial charge in [0.15, 0.2) is 0 Å². The Hall–Kier alpha value is -2.62. The van der Waals surface area contributed by atoms with Gasteiger partial charge in [-0.2, -0.15) is 13.2 Å². The molecule has 1 atom stereocenters. The lowest BCUT2D eigenvalue weighted by atomic mass is 9.86. The van der Waals surface area contributed by atoms with Gasteiger partial charge in [-0.25, -0.2) is 18.7 Å². The topological polar surface area (TPSA) is 72.1 Å². The standard InChI is InChI=1S/C19H19F5N4O/c20-13-1-2-14(21)12(9-13)10-15(25)11-4-7-28(8-5-11)17(29)16-3-6-26-18(27-16)19(22,23)24/h1-3,6,9,11,15H,4-5,7-8,10,25H2/t15-/m1/s1. The van der Waals surface area contributed by atoms with E-state index in [0.29, 0.717) is 12.8 Å². The van der Waals surface area contributed by atoms with Crippen LogP contribution in [0, 0.1) is 17.6 Å². The first-order valence-corrected chi connectivity index (χ1v) is 9.04. The number of benzene rings is 1. The minimum Gasteiger partial charge on any atom is -0.337 e. The average Bonchev–Trinajstić information content (AvgIpc) is 2.69. The molecule has 1 saturated heterocycles. The number of halogens is 5. The zero-order valence-corrected chi connectivity index (χ0v) is 15.3. The molecule has 29 heavy (non-hydrogen) atoms. The molecular weight excluding hydrogens is 395 g/mol. The van der Waals surface area contributed by atoms with Crippen LogP contribution in [0.25, 0.3) is 0 Å². The number of nitrogens with two attached hydrogens (primary N) is 1. The zero-order valence-electron chi connectivity index (χ0n) is 15.3. The van der Waals surface area contributed by atoms with Crippen LogP contribution in [0.2, 0.25) is 0 Å². The molecule has 0 radical (unpaired) electrons. The summed E-state index contributed by atoms with van der Waals surface area (Å²) in [5, 5.41) is 0. The van der Waals surface area contributed by atoms with Gasteiger partial charge in [0.2, 0.25) is 5.82 Å². The van der Waals surface area contributed by atoms with E-state index in [-0.39, 0.29) is 36.7 Å². The lowest BCUT2D eigenvalue weighted by molar-refractivity contribution is -0.145. The number of piperidine rings is 1. The number of carbonyl (C=O) groups is 1. The Bertz CT molecular complexity index is 881. The smallest absolute Gasteiger partial charge is 0.337 e. The van der Waals surface area contributed by atoms with E-state index in [1.165, 1.54) is 4.90 Å². The lowest BCUT2D eigenvalue weighted by Crippen LogP contribution is -2.44. The first-order valence-electron chi connectivity index (χ1n) is 9.04. The Morgan fingerprint density at radius 1 is 1.21 bits per heavy atom. The van der Waals surface area contributed by atoms with E-state index in [2.05, 4.69) is 9.97 Å². The number of rotatable bonds is 4. The second-order valence-electron chi connectivity index (χ2n) is 7.00. The summed E-state index contributed by atoms with van der Waals surface area (Å²) in [6.45, 7) is 0.572. The summed E-state index contributed by atoms with van der Waals surface area (Å²) in [5.74, 6) is -3.08. The predicted molar refractivity (Wildman–Crippen MR) is 93.7 cm³/mol. The van der Waals surface area contributed by atoms with Crippen LogP contribution >= 0.6 is 0 Å². The number of carbonyl (C=O) groups excluding carboxylic acids is 1. The third kappa shape index (κ3) is 5.06. The van der Waals surface area contributed by atoms with Crippen molar-refractivity contribution in [3.05, 3.63) is 59.2 Å². The Morgan fingerprint density at radius 2 is 1.90 bits per heavy atom. The summed E-state index contributed by atoms with van der Waals surface area (Å²) in [7, 11) is 0. The van der Waals surface area contributed by atoms with Crippen molar-refractivity contribution in [3.63, 3.8) is 0 Å². The molecule has 5 nitrogen and oxygen atoms in total. The average molecular weight is 414 g/mol. The molecular formula is C19H19F5N4O. The fourth-order valence-corrected chi connectivity index (χ4v) is 3.43. The molecule has 0 spiro atoms. The Labute approximate surface area is 163 Å². The molecule has 156 valence electrons. The molecule has 1 aromatic heterocycles. The van der Waals surface area contributed by atoms with Gasteiger partial charge in [-0.15, -0.1) is 0 Å². The molecule has 2 heterocycles. The molecule has 1 amide bonds. The molecule has 3 rings (SSSR count). The van der Waals surface area contributed by atoms with Crippen molar-refractivity contribution in [3.8, 4) is 0 Å². The second-order valence-corrected chi connectivity index (χ2v) is 7.00. The van der Waals surface area contributed by atoms with Crippen LogP contribution in [0.15, 0.2) is 30.5 Å². The molecule has 0 aliphatic carbocycles. The normalized spacial score (nSPS) is 16.7. The number of amides is 1. The van der Waals surface area contributed by atoms with Crippen molar-refractivity contribution in [2.45, 2.75) is 31.5 Å². The highest BCUT2D eigenvalue weighted by atomic mass is 19.4. The van der Waals surface area contributed by atoms with Crippen molar-refractivity contribution in [2.75, 3.05) is 13.1 Å². The Balaban J connectivity index is 1.60. The third-order valence-electron chi connectivity index (χ3n) is 5.02. The lowest BCUT2D eigenvalue weighted by Gasteiger charge is -2.34. The Morgan fingerprint density at radius 3 is 2.55 bits per heavy atom. The van der Waals surface area contributed by atoms with Crippen LogP contribution in [-0.2, 0) is 12.6 Å². The van der Waals surface area contributed by atoms with Crippen molar-refractivity contribution in [1.29, 1.82) is 0 Å². The third-order valence-corrected chi connectivity index (χ3v) is 5.02. The van der Waals surface area contributed by atoms with Gasteiger partial charge >= 0.3 is 6.18 Å². The molecule has 0 bridgehead atoms. The fourth-order valence-electron chi connectivity index (χ4n) is 3.43. The molecule has 1 aliphatic heterocycles. The van der Waals surface area contributed by atoms with Crippen LogP contribution in [-0.4, -0.2) is 39.9 Å². The maximum atomic E-state index is 13.8. The molecule has 0 unspecified atom stereocenters. The molecule has 2 N–H and O–H groups in total. The summed E-state index contributed by atoms with van der Waals surface area (Å²) in [4.78, 5) is 20.3. The Kier molecular flexibility index (Phi) is 6.11. The number of likely N-dealkylation sites (tertiary alicyclic amines) is 1. The van der Waals surface area contributed by atoms with Gasteiger partial charge in [0.05, 0.1) is 0 Å². The van der Waals surface area contributed by atoms with Gasteiger partial charge in [-0.1, -0.05) is 0 Å². The minimum atomic E-state index is -4.73. The van der Waals surface area contributed by atoms with Crippen LogP contribution in [0.1, 0.15) is 34.7 Å². The fraction of sp³-hybridized carbons (Fsp3) is 0.421. The molecule has 2 aromatic rings. The first kappa shape index (κ1) is 21.1. The highest BCUT2D eigenvalue weighted by molar-refractivity contribution is 5.92. The molecule has 1 aromatic carbocycles. The van der Waals surface area contributed by atoms with Crippen molar-refractivity contribution < 1.29 is 26.7 Å². The molecule has 10 heteroatoms. The van der Waals surface area contributed by atoms with Gasteiger partial charge in [0.25, 0.3) is 5.91 Å². The van der Waals surface area contributed by atoms with Crippen molar-refractivity contribution in [1.82, 2.24) is 14.9 Å². The minimum absolute atomic E-state index is 0.0298. The zero-order chi connectivity index (χ0) is 21.2. The number of hydrogen-bond acceptors (Lipinski definition) is 4. The number of aromatic nitrogens is 2. The summed E-state index contributed by atoms with van der Waals surface area (Å²) >= 11 is 0. The van der Waals surface area contributed by atoms with E-state index in [1.54, 1.807) is 0 Å². The summed E-state index contributed by atoms with van der Waals surface area (Å²) in [6.07, 6.45) is -2.67. The van der Waals surface area contributed by atoms with Crippen molar-refractivity contribution >= 4 is 5.91 Å². The first-order chi connectivity index (χ1) is 13.6. The number of nitrogens with zero attached hydrogens (tertiary/aromatic N) is 3. The SMILES string of the molecule is N[C@H](Cc1cc(F)ccc1F)C1CCN(C(=O)c2ccnc(C(F)(F)F)n2)CC1. The van der Waals surface area contributed by atoms with Gasteiger partial charge in [-0.3, -0.25) is 4.79 Å². The summed E-state index contributed by atoms with van der Waals surface area (Å²) in [6, 6.07) is 3.91. The molecule has 0 saturated carbocycles. The second kappa shape index (κ2) is 8.40. The maximum Gasteiger partial charge on any atom is 0.451 e. The highest BCUT2D eigenvalue weighted by Crippen LogP contribution is 2.27. The van der Waals surface area contributed by atoms with Crippen LogP contribution in [0.4, 0.5) is 22.0 Å². The largest absolute Gasteiger partial charge is 0.451 e. The van der Waals surface area contributed by atoms with E-state index < -0.39 is 35.6 Å².